The van der Waals surface area contributed by atoms with Gasteiger partial charge in [-0.25, -0.2) is 10.2 Å². The molecule has 9 heteroatoms. The highest BCUT2D eigenvalue weighted by atomic mass is 16.6. The van der Waals surface area contributed by atoms with Crippen LogP contribution in [0.5, 0.6) is 5.75 Å². The summed E-state index contributed by atoms with van der Waals surface area (Å²) in [6, 6.07) is 22.8. The molecule has 0 saturated carbocycles. The second kappa shape index (κ2) is 10.0. The van der Waals surface area contributed by atoms with Crippen LogP contribution in [0.2, 0.25) is 0 Å². The van der Waals surface area contributed by atoms with E-state index in [-0.39, 0.29) is 22.9 Å². The molecule has 3 aromatic carbocycles. The van der Waals surface area contributed by atoms with Crippen LogP contribution in [-0.4, -0.2) is 27.6 Å². The second-order valence-corrected chi connectivity index (χ2v) is 7.04. The number of nitrogens with zero attached hydrogens (tertiary/aromatic N) is 3. The van der Waals surface area contributed by atoms with Crippen molar-refractivity contribution in [2.24, 2.45) is 5.10 Å². The normalized spacial score (nSPS) is 10.7. The number of hydrogen-bond donors (Lipinski definition) is 1. The molecule has 0 spiro atoms. The van der Waals surface area contributed by atoms with Gasteiger partial charge < -0.3 is 9.30 Å². The number of esters is 1. The van der Waals surface area contributed by atoms with Crippen LogP contribution in [0, 0.1) is 10.1 Å². The largest absolute Gasteiger partial charge is 0.423 e. The minimum Gasteiger partial charge on any atom is -0.423 e. The van der Waals surface area contributed by atoms with Crippen molar-refractivity contribution in [3.8, 4) is 11.4 Å². The summed E-state index contributed by atoms with van der Waals surface area (Å²) in [5, 5.41) is 15.1. The third-order valence-corrected chi connectivity index (χ3v) is 4.80. The Morgan fingerprint density at radius 2 is 1.62 bits per heavy atom. The lowest BCUT2D eigenvalue weighted by atomic mass is 10.1. The van der Waals surface area contributed by atoms with E-state index in [2.05, 4.69) is 10.5 Å². The van der Waals surface area contributed by atoms with Crippen molar-refractivity contribution in [1.29, 1.82) is 0 Å². The first kappa shape index (κ1) is 22.2. The molecule has 1 aromatic heterocycles. The molecule has 0 atom stereocenters. The Morgan fingerprint density at radius 1 is 0.912 bits per heavy atom. The van der Waals surface area contributed by atoms with E-state index >= 15 is 0 Å². The molecule has 9 nitrogen and oxygen atoms in total. The van der Waals surface area contributed by atoms with Crippen LogP contribution in [0.15, 0.2) is 102 Å². The molecule has 168 valence electrons. The quantitative estimate of drug-likeness (QED) is 0.146. The maximum Gasteiger partial charge on any atom is 0.350 e. The van der Waals surface area contributed by atoms with Gasteiger partial charge in [0.2, 0.25) is 0 Å². The zero-order valence-corrected chi connectivity index (χ0v) is 17.7. The number of para-hydroxylation sites is 2. The van der Waals surface area contributed by atoms with E-state index in [9.17, 15) is 19.7 Å². The highest BCUT2D eigenvalue weighted by Crippen LogP contribution is 2.21. The number of nitro groups is 1. The summed E-state index contributed by atoms with van der Waals surface area (Å²) in [7, 11) is 0. The van der Waals surface area contributed by atoms with Crippen molar-refractivity contribution in [2.45, 2.75) is 0 Å². The number of benzene rings is 3. The van der Waals surface area contributed by atoms with Crippen molar-refractivity contribution in [1.82, 2.24) is 9.99 Å². The Hall–Kier alpha value is -5.05. The van der Waals surface area contributed by atoms with E-state index < -0.39 is 10.9 Å². The van der Waals surface area contributed by atoms with E-state index in [4.69, 9.17) is 4.74 Å². The minimum atomic E-state index is -0.851. The van der Waals surface area contributed by atoms with Crippen molar-refractivity contribution in [3.05, 3.63) is 124 Å². The SMILES string of the molecule is O=C(NN=Cc1cccc(OC(=O)c2ccccc2[N+](=O)[O-])c1)c1ccccc1-n1cccc1. The monoisotopic (exact) mass is 454 g/mol. The van der Waals surface area contributed by atoms with E-state index in [1.54, 1.807) is 24.3 Å². The van der Waals surface area contributed by atoms with Crippen molar-refractivity contribution in [3.63, 3.8) is 0 Å². The lowest BCUT2D eigenvalue weighted by Gasteiger charge is -2.09. The highest BCUT2D eigenvalue weighted by molar-refractivity contribution is 5.98. The number of rotatable bonds is 7. The molecule has 1 amide bonds. The van der Waals surface area contributed by atoms with Crippen LogP contribution >= 0.6 is 0 Å². The lowest BCUT2D eigenvalue weighted by molar-refractivity contribution is -0.385. The topological polar surface area (TPSA) is 116 Å². The van der Waals surface area contributed by atoms with Gasteiger partial charge in [-0.1, -0.05) is 36.4 Å². The molecule has 1 heterocycles. The van der Waals surface area contributed by atoms with Gasteiger partial charge in [0.15, 0.2) is 0 Å². The highest BCUT2D eigenvalue weighted by Gasteiger charge is 2.21. The summed E-state index contributed by atoms with van der Waals surface area (Å²) < 4.78 is 7.12. The van der Waals surface area contributed by atoms with E-state index in [1.165, 1.54) is 42.6 Å². The van der Waals surface area contributed by atoms with Gasteiger partial charge in [0.1, 0.15) is 11.3 Å². The predicted molar refractivity (Wildman–Crippen MR) is 125 cm³/mol. The van der Waals surface area contributed by atoms with Gasteiger partial charge >= 0.3 is 5.97 Å². The summed E-state index contributed by atoms with van der Waals surface area (Å²) in [6.45, 7) is 0. The summed E-state index contributed by atoms with van der Waals surface area (Å²) in [4.78, 5) is 35.6. The minimum absolute atomic E-state index is 0.153. The van der Waals surface area contributed by atoms with Gasteiger partial charge in [-0.3, -0.25) is 14.9 Å². The number of hydrogen-bond acceptors (Lipinski definition) is 6. The molecule has 4 rings (SSSR count). The molecule has 0 radical (unpaired) electrons. The van der Waals surface area contributed by atoms with Crippen molar-refractivity contribution < 1.29 is 19.2 Å². The molecule has 0 bridgehead atoms. The maximum absolute atomic E-state index is 12.6. The van der Waals surface area contributed by atoms with Crippen molar-refractivity contribution in [2.75, 3.05) is 0 Å². The molecule has 0 unspecified atom stereocenters. The second-order valence-electron chi connectivity index (χ2n) is 7.04. The smallest absolute Gasteiger partial charge is 0.350 e. The van der Waals surface area contributed by atoms with Gasteiger partial charge in [-0.2, -0.15) is 5.10 Å². The number of amides is 1. The van der Waals surface area contributed by atoms with Gasteiger partial charge in [0, 0.05) is 18.5 Å². The van der Waals surface area contributed by atoms with Crippen LogP contribution in [0.1, 0.15) is 26.3 Å². The van der Waals surface area contributed by atoms with Crippen molar-refractivity contribution >= 4 is 23.8 Å². The third kappa shape index (κ3) is 5.05. The fourth-order valence-corrected chi connectivity index (χ4v) is 3.24. The summed E-state index contributed by atoms with van der Waals surface area (Å²) in [5.74, 6) is -1.06. The Balaban J connectivity index is 1.45. The number of nitro benzene ring substituents is 1. The van der Waals surface area contributed by atoms with Gasteiger partial charge in [-0.05, 0) is 48.0 Å². The summed E-state index contributed by atoms with van der Waals surface area (Å²) in [5.41, 5.74) is 3.71. The number of carbonyl (C=O) groups is 2. The molecule has 4 aromatic rings. The zero-order chi connectivity index (χ0) is 23.9. The first-order valence-corrected chi connectivity index (χ1v) is 10.1. The van der Waals surface area contributed by atoms with Crippen LogP contribution in [0.25, 0.3) is 5.69 Å². The average molecular weight is 454 g/mol. The molecule has 0 aliphatic heterocycles. The molecule has 0 aliphatic rings. The zero-order valence-electron chi connectivity index (χ0n) is 17.7. The average Bonchev–Trinajstić information content (AvgIpc) is 3.39. The molecule has 0 fully saturated rings. The maximum atomic E-state index is 12.6. The van der Waals surface area contributed by atoms with Gasteiger partial charge in [-0.15, -0.1) is 0 Å². The third-order valence-electron chi connectivity index (χ3n) is 4.80. The van der Waals surface area contributed by atoms with E-state index in [0.717, 1.165) is 0 Å². The number of ether oxygens (including phenoxy) is 1. The lowest BCUT2D eigenvalue weighted by Crippen LogP contribution is -2.19. The van der Waals surface area contributed by atoms with E-state index in [1.807, 2.05) is 41.2 Å². The van der Waals surface area contributed by atoms with Gasteiger partial charge in [0.25, 0.3) is 11.6 Å². The summed E-state index contributed by atoms with van der Waals surface area (Å²) >= 11 is 0. The number of carbonyl (C=O) groups excluding carboxylic acids is 2. The van der Waals surface area contributed by atoms with Crippen LogP contribution < -0.4 is 10.2 Å². The summed E-state index contributed by atoms with van der Waals surface area (Å²) in [6.07, 6.45) is 5.08. The number of hydrazone groups is 1. The molecule has 0 aliphatic carbocycles. The van der Waals surface area contributed by atoms with E-state index in [0.29, 0.717) is 16.8 Å². The predicted octanol–water partition coefficient (Wildman–Crippen LogP) is 4.37. The standard InChI is InChI=1S/C25H18N4O5/c30-24(20-10-1-3-12-22(20)28-14-5-6-15-28)27-26-17-18-8-7-9-19(16-18)34-25(31)21-11-2-4-13-23(21)29(32)33/h1-17H,(H,27,30). The number of aromatic nitrogens is 1. The van der Waals surface area contributed by atoms with Crippen LogP contribution in [0.4, 0.5) is 5.69 Å². The molecule has 0 saturated heterocycles. The molecule has 1 N–H and O–H groups in total. The Bertz CT molecular complexity index is 1380. The molecular weight excluding hydrogens is 436 g/mol. The fourth-order valence-electron chi connectivity index (χ4n) is 3.24. The Morgan fingerprint density at radius 3 is 2.38 bits per heavy atom. The first-order valence-electron chi connectivity index (χ1n) is 10.1. The van der Waals surface area contributed by atoms with Gasteiger partial charge in [0.05, 0.1) is 22.4 Å². The molecule has 34 heavy (non-hydrogen) atoms. The first-order chi connectivity index (χ1) is 16.5. The van der Waals surface area contributed by atoms with Crippen LogP contribution in [-0.2, 0) is 0 Å². The Kier molecular flexibility index (Phi) is 6.55. The Labute approximate surface area is 194 Å². The number of nitrogens with one attached hydrogen (secondary N) is 1. The van der Waals surface area contributed by atoms with Crippen LogP contribution in [0.3, 0.4) is 0 Å². The molecular formula is C25H18N4O5. The fraction of sp³-hybridized carbons (Fsp3) is 0.